The number of rotatable bonds is 1. The van der Waals surface area contributed by atoms with Crippen molar-refractivity contribution in [2.45, 2.75) is 0 Å². The molecule has 0 atom stereocenters. The summed E-state index contributed by atoms with van der Waals surface area (Å²) in [5.41, 5.74) is -0.641. The fraction of sp³-hybridized carbons (Fsp3) is 0. The number of nitrogens with zero attached hydrogens (tertiary/aromatic N) is 1. The molecule has 0 saturated carbocycles. The number of hydrogen-bond acceptors (Lipinski definition) is 3. The number of aromatic nitrogens is 1. The van der Waals surface area contributed by atoms with Gasteiger partial charge in [0.25, 0.3) is 0 Å². The lowest BCUT2D eigenvalue weighted by atomic mass is 9.81. The number of halogens is 1. The molecule has 0 aliphatic heterocycles. The van der Waals surface area contributed by atoms with E-state index in [0.717, 1.165) is 0 Å². The molecule has 0 amide bonds. The SMILES string of the molecule is [2H]c1nc(F)c([2H])c(B(O)O)c1[2H]. The summed E-state index contributed by atoms with van der Waals surface area (Å²) in [4.78, 5) is 2.92. The molecule has 0 fully saturated rings. The normalized spacial score (nSPS) is 13.7. The quantitative estimate of drug-likeness (QED) is 0.388. The second-order valence-corrected chi connectivity index (χ2v) is 1.55. The van der Waals surface area contributed by atoms with E-state index in [1.54, 1.807) is 0 Å². The Bertz CT molecular complexity index is 323. The van der Waals surface area contributed by atoms with Gasteiger partial charge in [-0.25, -0.2) is 4.98 Å². The first-order valence-electron chi connectivity index (χ1n) is 3.94. The van der Waals surface area contributed by atoms with Crippen LogP contribution in [-0.4, -0.2) is 22.2 Å². The van der Waals surface area contributed by atoms with E-state index >= 15 is 0 Å². The van der Waals surface area contributed by atoms with Crippen molar-refractivity contribution in [3.8, 4) is 0 Å². The lowest BCUT2D eigenvalue weighted by molar-refractivity contribution is 0.425. The van der Waals surface area contributed by atoms with Gasteiger partial charge in [0.2, 0.25) is 5.95 Å². The molecule has 0 unspecified atom stereocenters. The molecule has 0 aromatic carbocycles. The third-order valence-electron chi connectivity index (χ3n) is 0.841. The maximum absolute atomic E-state index is 12.7. The summed E-state index contributed by atoms with van der Waals surface area (Å²) in [6.45, 7) is 0. The van der Waals surface area contributed by atoms with Gasteiger partial charge >= 0.3 is 7.12 Å². The van der Waals surface area contributed by atoms with E-state index in [-0.39, 0.29) is 0 Å². The fourth-order valence-electron chi connectivity index (χ4n) is 0.437. The van der Waals surface area contributed by atoms with Crippen molar-refractivity contribution in [3.63, 3.8) is 0 Å². The Morgan fingerprint density at radius 3 is 3.00 bits per heavy atom. The van der Waals surface area contributed by atoms with Crippen molar-refractivity contribution in [3.05, 3.63) is 24.2 Å². The van der Waals surface area contributed by atoms with Crippen LogP contribution in [0.1, 0.15) is 4.11 Å². The minimum Gasteiger partial charge on any atom is -0.423 e. The second-order valence-electron chi connectivity index (χ2n) is 1.55. The Balaban J connectivity index is 3.46. The lowest BCUT2D eigenvalue weighted by Crippen LogP contribution is -2.30. The van der Waals surface area contributed by atoms with Crippen LogP contribution >= 0.6 is 0 Å². The molecule has 5 heteroatoms. The van der Waals surface area contributed by atoms with Crippen LogP contribution < -0.4 is 5.46 Å². The van der Waals surface area contributed by atoms with Crippen LogP contribution in [0.15, 0.2) is 18.3 Å². The van der Waals surface area contributed by atoms with Crippen LogP contribution in [0.4, 0.5) is 4.39 Å². The third kappa shape index (κ3) is 1.52. The summed E-state index contributed by atoms with van der Waals surface area (Å²) in [6, 6.07) is -1.52. The van der Waals surface area contributed by atoms with Gasteiger partial charge in [0.05, 0.1) is 4.11 Å². The smallest absolute Gasteiger partial charge is 0.423 e. The topological polar surface area (TPSA) is 53.4 Å². The van der Waals surface area contributed by atoms with Gasteiger partial charge < -0.3 is 10.0 Å². The Morgan fingerprint density at radius 2 is 2.40 bits per heavy atom. The van der Waals surface area contributed by atoms with Crippen LogP contribution in [0.2, 0.25) is 0 Å². The molecule has 1 heterocycles. The molecule has 10 heavy (non-hydrogen) atoms. The summed E-state index contributed by atoms with van der Waals surface area (Å²) >= 11 is 0. The standard InChI is InChI=1S/C5H5BFNO2/c7-5-3-4(6(9)10)1-2-8-5/h1-3,9-10H/i1D,2D,3D. The summed E-state index contributed by atoms with van der Waals surface area (Å²) in [5.74, 6) is -1.29. The highest BCUT2D eigenvalue weighted by Crippen LogP contribution is 1.86. The van der Waals surface area contributed by atoms with Gasteiger partial charge in [-0.2, -0.15) is 4.39 Å². The molecule has 3 nitrogen and oxygen atoms in total. The third-order valence-corrected chi connectivity index (χ3v) is 0.841. The van der Waals surface area contributed by atoms with E-state index in [2.05, 4.69) is 4.98 Å². The molecule has 1 aromatic rings. The van der Waals surface area contributed by atoms with E-state index in [1.807, 2.05) is 0 Å². The van der Waals surface area contributed by atoms with Crippen LogP contribution in [-0.2, 0) is 0 Å². The van der Waals surface area contributed by atoms with E-state index in [1.165, 1.54) is 0 Å². The van der Waals surface area contributed by atoms with Gasteiger partial charge in [0, 0.05) is 6.17 Å². The minimum absolute atomic E-state index is 0.641. The van der Waals surface area contributed by atoms with Gasteiger partial charge in [0.15, 0.2) is 0 Å². The number of pyridine rings is 1. The maximum Gasteiger partial charge on any atom is 0.488 e. The number of hydrogen-bond donors (Lipinski definition) is 2. The van der Waals surface area contributed by atoms with Crippen molar-refractivity contribution in [2.75, 3.05) is 0 Å². The first-order valence-corrected chi connectivity index (χ1v) is 2.44. The first-order chi connectivity index (χ1) is 5.95. The molecule has 0 saturated heterocycles. The lowest BCUT2D eigenvalue weighted by Gasteiger charge is -1.95. The summed E-state index contributed by atoms with van der Waals surface area (Å²) < 4.78 is 33.7. The Hall–Kier alpha value is -0.935. The molecular weight excluding hydrogens is 136 g/mol. The van der Waals surface area contributed by atoms with E-state index in [0.29, 0.717) is 0 Å². The van der Waals surface area contributed by atoms with Gasteiger partial charge in [-0.05, 0) is 17.5 Å². The minimum atomic E-state index is -2.14. The monoisotopic (exact) mass is 144 g/mol. The second kappa shape index (κ2) is 2.77. The van der Waals surface area contributed by atoms with E-state index in [9.17, 15) is 4.39 Å². The average molecular weight is 144 g/mol. The molecule has 1 rings (SSSR count). The van der Waals surface area contributed by atoms with Gasteiger partial charge in [0.1, 0.15) is 0 Å². The molecular formula is C5H5BFNO2. The van der Waals surface area contributed by atoms with Crippen molar-refractivity contribution in [1.29, 1.82) is 0 Å². The summed E-state index contributed by atoms with van der Waals surface area (Å²) in [7, 11) is -2.14. The largest absolute Gasteiger partial charge is 0.488 e. The Labute approximate surface area is 61.5 Å². The molecule has 0 aliphatic carbocycles. The molecule has 0 aliphatic rings. The van der Waals surface area contributed by atoms with Crippen molar-refractivity contribution < 1.29 is 18.6 Å². The first kappa shape index (κ1) is 4.05. The molecule has 52 valence electrons. The highest BCUT2D eigenvalue weighted by molar-refractivity contribution is 6.58. The van der Waals surface area contributed by atoms with Crippen LogP contribution in [0, 0.1) is 5.95 Å². The zero-order valence-corrected chi connectivity index (χ0v) is 4.80. The predicted octanol–water partition coefficient (Wildman–Crippen LogP) is -1.10. The molecule has 1 aromatic heterocycles. The zero-order valence-electron chi connectivity index (χ0n) is 7.80. The molecule has 0 radical (unpaired) electrons. The van der Waals surface area contributed by atoms with Gasteiger partial charge in [-0.15, -0.1) is 0 Å². The van der Waals surface area contributed by atoms with Crippen LogP contribution in [0.5, 0.6) is 0 Å². The van der Waals surface area contributed by atoms with Gasteiger partial charge in [-0.1, -0.05) is 0 Å². The van der Waals surface area contributed by atoms with Crippen molar-refractivity contribution in [1.82, 2.24) is 4.98 Å². The molecule has 2 N–H and O–H groups in total. The van der Waals surface area contributed by atoms with E-state index in [4.69, 9.17) is 14.2 Å². The summed E-state index contributed by atoms with van der Waals surface area (Å²) in [6.07, 6.45) is -0.725. The fourth-order valence-corrected chi connectivity index (χ4v) is 0.437. The van der Waals surface area contributed by atoms with Crippen molar-refractivity contribution in [2.24, 2.45) is 0 Å². The maximum atomic E-state index is 12.7. The summed E-state index contributed by atoms with van der Waals surface area (Å²) in [5, 5.41) is 17.3. The van der Waals surface area contributed by atoms with Crippen LogP contribution in [0.25, 0.3) is 0 Å². The molecule has 0 bridgehead atoms. The predicted molar refractivity (Wildman–Crippen MR) is 34.0 cm³/mol. The molecule has 0 spiro atoms. The highest BCUT2D eigenvalue weighted by Gasteiger charge is 2.10. The Morgan fingerprint density at radius 1 is 1.70 bits per heavy atom. The zero-order chi connectivity index (χ0) is 10.2. The van der Waals surface area contributed by atoms with Gasteiger partial charge in [-0.3, -0.25) is 0 Å². The Kier molecular flexibility index (Phi) is 1.12. The average Bonchev–Trinajstić information content (AvgIpc) is 2.01. The van der Waals surface area contributed by atoms with E-state index < -0.39 is 36.8 Å². The van der Waals surface area contributed by atoms with Crippen molar-refractivity contribution >= 4 is 12.6 Å². The highest BCUT2D eigenvalue weighted by atomic mass is 19.1. The van der Waals surface area contributed by atoms with Crippen LogP contribution in [0.3, 0.4) is 0 Å².